The number of hydrogen-bond donors (Lipinski definition) is 3. The summed E-state index contributed by atoms with van der Waals surface area (Å²) >= 11 is 0. The Morgan fingerprint density at radius 3 is 2.48 bits per heavy atom. The smallest absolute Gasteiger partial charge is 0.324 e. The van der Waals surface area contributed by atoms with E-state index in [0.29, 0.717) is 34.7 Å². The molecular formula is C32H41N9O3. The Kier molecular flexibility index (Phi) is 9.31. The van der Waals surface area contributed by atoms with Crippen LogP contribution in [0.2, 0.25) is 0 Å². The average molecular weight is 600 g/mol. The van der Waals surface area contributed by atoms with E-state index in [-0.39, 0.29) is 5.41 Å². The second-order valence-corrected chi connectivity index (χ2v) is 11.9. The molecule has 3 N–H and O–H groups in total. The molecule has 1 fully saturated rings. The molecule has 232 valence electrons. The molecule has 3 heterocycles. The lowest BCUT2D eigenvalue weighted by molar-refractivity contribution is 0.148. The normalized spacial score (nSPS) is 14.2. The van der Waals surface area contributed by atoms with Crippen LogP contribution in [0.15, 0.2) is 60.9 Å². The van der Waals surface area contributed by atoms with Crippen molar-refractivity contribution in [1.29, 1.82) is 0 Å². The summed E-state index contributed by atoms with van der Waals surface area (Å²) in [5, 5.41) is 13.7. The van der Waals surface area contributed by atoms with Gasteiger partial charge in [0.1, 0.15) is 18.0 Å². The molecule has 12 nitrogen and oxygen atoms in total. The van der Waals surface area contributed by atoms with Gasteiger partial charge in [0.25, 0.3) is 0 Å². The number of nitrogens with zero attached hydrogens (tertiary/aromatic N) is 6. The molecule has 0 spiro atoms. The van der Waals surface area contributed by atoms with Crippen LogP contribution < -0.4 is 25.4 Å². The second kappa shape index (κ2) is 13.3. The van der Waals surface area contributed by atoms with Gasteiger partial charge in [-0.15, -0.1) is 0 Å². The van der Waals surface area contributed by atoms with Crippen LogP contribution in [0.3, 0.4) is 0 Å². The van der Waals surface area contributed by atoms with Crippen molar-refractivity contribution in [3.8, 4) is 23.1 Å². The van der Waals surface area contributed by atoms with Crippen molar-refractivity contribution in [2.24, 2.45) is 0 Å². The van der Waals surface area contributed by atoms with Crippen molar-refractivity contribution in [2.45, 2.75) is 32.7 Å². The third-order valence-corrected chi connectivity index (χ3v) is 7.41. The third-order valence-electron chi connectivity index (χ3n) is 7.41. The van der Waals surface area contributed by atoms with E-state index in [1.165, 1.54) is 19.0 Å². The molecule has 12 heteroatoms. The highest BCUT2D eigenvalue weighted by Gasteiger charge is 2.22. The summed E-state index contributed by atoms with van der Waals surface area (Å²) in [5.74, 6) is 2.43. The molecule has 0 saturated carbocycles. The predicted molar refractivity (Wildman–Crippen MR) is 172 cm³/mol. The number of aromatic nitrogens is 4. The summed E-state index contributed by atoms with van der Waals surface area (Å²) in [6, 6.07) is 16.7. The summed E-state index contributed by atoms with van der Waals surface area (Å²) in [6.45, 7) is 11.4. The van der Waals surface area contributed by atoms with E-state index in [2.05, 4.69) is 75.7 Å². The number of ether oxygens (including phenoxy) is 2. The number of methoxy groups -OCH3 is 1. The van der Waals surface area contributed by atoms with Crippen LogP contribution in [-0.2, 0) is 12.0 Å². The molecule has 1 aliphatic heterocycles. The zero-order valence-corrected chi connectivity index (χ0v) is 26.2. The van der Waals surface area contributed by atoms with Gasteiger partial charge in [0.2, 0.25) is 5.88 Å². The van der Waals surface area contributed by atoms with Gasteiger partial charge in [-0.3, -0.25) is 10.2 Å². The average Bonchev–Trinajstić information content (AvgIpc) is 3.43. The van der Waals surface area contributed by atoms with E-state index < -0.39 is 6.03 Å². The molecule has 0 bridgehead atoms. The molecule has 2 amide bonds. The van der Waals surface area contributed by atoms with Gasteiger partial charge in [-0.05, 0) is 36.9 Å². The number of amides is 2. The Morgan fingerprint density at radius 1 is 0.955 bits per heavy atom. The lowest BCUT2D eigenvalue weighted by Crippen LogP contribution is -2.43. The maximum Gasteiger partial charge on any atom is 0.324 e. The molecule has 1 saturated heterocycles. The number of piperazine rings is 1. The van der Waals surface area contributed by atoms with E-state index in [4.69, 9.17) is 14.6 Å². The molecule has 1 aliphatic rings. The van der Waals surface area contributed by atoms with Crippen LogP contribution in [0, 0.1) is 0 Å². The molecular weight excluding hydrogens is 558 g/mol. The SMILES string of the molecule is CNc1cc(Oc2ccc(NC(=O)Nc3cc(C(C)(C)C)nn3-c3cccc(CN4CCN(C)CC4)c3)cc2OC)ncn1. The zero-order valence-electron chi connectivity index (χ0n) is 26.2. The first kappa shape index (κ1) is 30.8. The van der Waals surface area contributed by atoms with Gasteiger partial charge in [0.15, 0.2) is 11.5 Å². The van der Waals surface area contributed by atoms with E-state index in [1.54, 1.807) is 36.0 Å². The lowest BCUT2D eigenvalue weighted by atomic mass is 9.92. The van der Waals surface area contributed by atoms with E-state index in [9.17, 15) is 4.79 Å². The van der Waals surface area contributed by atoms with Gasteiger partial charge in [0.05, 0.1) is 18.5 Å². The van der Waals surface area contributed by atoms with Gasteiger partial charge in [-0.1, -0.05) is 32.9 Å². The quantitative estimate of drug-likeness (QED) is 0.239. The van der Waals surface area contributed by atoms with Gasteiger partial charge >= 0.3 is 6.03 Å². The molecule has 0 unspecified atom stereocenters. The Morgan fingerprint density at radius 2 is 1.75 bits per heavy atom. The van der Waals surface area contributed by atoms with Crippen molar-refractivity contribution in [1.82, 2.24) is 29.5 Å². The highest BCUT2D eigenvalue weighted by atomic mass is 16.5. The fraction of sp³-hybridized carbons (Fsp3) is 0.375. The number of urea groups is 1. The molecule has 0 radical (unpaired) electrons. The summed E-state index contributed by atoms with van der Waals surface area (Å²) in [7, 11) is 5.46. The number of carbonyl (C=O) groups excluding carboxylic acids is 1. The van der Waals surface area contributed by atoms with Crippen LogP contribution >= 0.6 is 0 Å². The van der Waals surface area contributed by atoms with Crippen molar-refractivity contribution >= 4 is 23.4 Å². The lowest BCUT2D eigenvalue weighted by Gasteiger charge is -2.32. The first-order valence-electron chi connectivity index (χ1n) is 14.7. The fourth-order valence-electron chi connectivity index (χ4n) is 4.84. The zero-order chi connectivity index (χ0) is 31.3. The van der Waals surface area contributed by atoms with Crippen molar-refractivity contribution in [3.63, 3.8) is 0 Å². The Labute approximate surface area is 258 Å². The Bertz CT molecular complexity index is 1590. The predicted octanol–water partition coefficient (Wildman–Crippen LogP) is 5.19. The summed E-state index contributed by atoms with van der Waals surface area (Å²) in [5.41, 5.74) is 3.27. The largest absolute Gasteiger partial charge is 0.493 e. The van der Waals surface area contributed by atoms with Gasteiger partial charge in [-0.25, -0.2) is 19.4 Å². The minimum absolute atomic E-state index is 0.212. The number of carbonyl (C=O) groups is 1. The van der Waals surface area contributed by atoms with Crippen LogP contribution in [0.1, 0.15) is 32.0 Å². The van der Waals surface area contributed by atoms with Crippen LogP contribution in [0.5, 0.6) is 17.4 Å². The first-order valence-corrected chi connectivity index (χ1v) is 14.7. The number of benzene rings is 2. The minimum Gasteiger partial charge on any atom is -0.493 e. The summed E-state index contributed by atoms with van der Waals surface area (Å²) in [6.07, 6.45) is 1.41. The van der Waals surface area contributed by atoms with E-state index in [0.717, 1.165) is 44.1 Å². The monoisotopic (exact) mass is 599 g/mol. The van der Waals surface area contributed by atoms with Crippen LogP contribution in [-0.4, -0.2) is 83.0 Å². The number of rotatable bonds is 9. The van der Waals surface area contributed by atoms with Gasteiger partial charge in [0, 0.05) is 69.1 Å². The number of anilines is 3. The number of hydrogen-bond acceptors (Lipinski definition) is 9. The fourth-order valence-corrected chi connectivity index (χ4v) is 4.84. The molecule has 2 aromatic carbocycles. The molecule has 0 aliphatic carbocycles. The van der Waals surface area contributed by atoms with Crippen molar-refractivity contribution in [3.05, 3.63) is 72.2 Å². The maximum absolute atomic E-state index is 13.3. The second-order valence-electron chi connectivity index (χ2n) is 11.9. The third kappa shape index (κ3) is 7.63. The molecule has 4 aromatic rings. The molecule has 5 rings (SSSR count). The van der Waals surface area contributed by atoms with Gasteiger partial charge in [-0.2, -0.15) is 5.10 Å². The molecule has 0 atom stereocenters. The molecule has 44 heavy (non-hydrogen) atoms. The highest BCUT2D eigenvalue weighted by Crippen LogP contribution is 2.34. The number of likely N-dealkylation sites (N-methyl/N-ethyl adjacent to an activating group) is 1. The molecule has 2 aromatic heterocycles. The minimum atomic E-state index is -0.412. The topological polar surface area (TPSA) is 122 Å². The number of nitrogens with one attached hydrogen (secondary N) is 3. The first-order chi connectivity index (χ1) is 21.1. The summed E-state index contributed by atoms with van der Waals surface area (Å²) in [4.78, 5) is 26.3. The van der Waals surface area contributed by atoms with Crippen LogP contribution in [0.25, 0.3) is 5.69 Å². The van der Waals surface area contributed by atoms with E-state index in [1.807, 2.05) is 18.2 Å². The highest BCUT2D eigenvalue weighted by molar-refractivity contribution is 5.99. The van der Waals surface area contributed by atoms with Crippen LogP contribution in [0.4, 0.5) is 22.1 Å². The van der Waals surface area contributed by atoms with Gasteiger partial charge < -0.3 is 25.0 Å². The van der Waals surface area contributed by atoms with Crippen molar-refractivity contribution in [2.75, 3.05) is 63.3 Å². The standard InChI is InChI=1S/C32H41N9O3/c1-32(2,3)27-18-29(41(38-27)24-9-7-8-22(16-24)20-40-14-12-39(5)13-15-40)37-31(42)36-23-10-11-25(26(17-23)43-6)44-30-19-28(33-4)34-21-35-30/h7-11,16-19,21H,12-15,20H2,1-6H3,(H,33,34,35)(H2,36,37,42). The Hall–Kier alpha value is -4.68. The Balaban J connectivity index is 1.33. The van der Waals surface area contributed by atoms with E-state index >= 15 is 0 Å². The maximum atomic E-state index is 13.3. The van der Waals surface area contributed by atoms with Crippen molar-refractivity contribution < 1.29 is 14.3 Å². The summed E-state index contributed by atoms with van der Waals surface area (Å²) < 4.78 is 13.2.